The molecule has 0 amide bonds. The Morgan fingerprint density at radius 1 is 1.17 bits per heavy atom. The van der Waals surface area contributed by atoms with Gasteiger partial charge in [0.25, 0.3) is 0 Å². The maximum atomic E-state index is 12.0. The van der Waals surface area contributed by atoms with E-state index in [-0.39, 0.29) is 11.9 Å². The van der Waals surface area contributed by atoms with Gasteiger partial charge >= 0.3 is 6.36 Å². The summed E-state index contributed by atoms with van der Waals surface area (Å²) in [5.74, 6) is 0.0642. The third kappa shape index (κ3) is 5.95. The Morgan fingerprint density at radius 2 is 1.83 bits per heavy atom. The van der Waals surface area contributed by atoms with E-state index < -0.39 is 6.36 Å². The lowest BCUT2D eigenvalue weighted by atomic mass is 10.3. The first-order valence-electron chi connectivity index (χ1n) is 5.09. The smallest absolute Gasteiger partial charge is 0.489 e. The Morgan fingerprint density at radius 3 is 2.39 bits per heavy atom. The molecule has 1 aromatic carbocycles. The summed E-state index contributed by atoms with van der Waals surface area (Å²) in [7, 11) is 0. The summed E-state index contributed by atoms with van der Waals surface area (Å²) in [4.78, 5) is 0. The normalized spacial score (nSPS) is 13.2. The van der Waals surface area contributed by atoms with Gasteiger partial charge in [-0.1, -0.05) is 37.9 Å². The molecule has 0 heterocycles. The van der Waals surface area contributed by atoms with Crippen molar-refractivity contribution in [2.24, 2.45) is 0 Å². The number of halogens is 5. The minimum Gasteiger partial charge on any atom is -0.489 e. The van der Waals surface area contributed by atoms with Crippen LogP contribution in [0.4, 0.5) is 13.2 Å². The lowest BCUT2D eigenvalue weighted by molar-refractivity contribution is -0.274. The molecule has 0 saturated carbocycles. The molecule has 1 aromatic rings. The minimum atomic E-state index is -4.69. The van der Waals surface area contributed by atoms with Crippen molar-refractivity contribution >= 4 is 31.9 Å². The highest BCUT2D eigenvalue weighted by molar-refractivity contribution is 9.09. The second kappa shape index (κ2) is 7.23. The summed E-state index contributed by atoms with van der Waals surface area (Å²) in [6, 6.07) is 5.49. The number of rotatable bonds is 6. The molecule has 0 fully saturated rings. The molecule has 0 saturated heterocycles. The van der Waals surface area contributed by atoms with Crippen LogP contribution in [0.1, 0.15) is 6.42 Å². The quantitative estimate of drug-likeness (QED) is 0.664. The zero-order chi connectivity index (χ0) is 13.6. The van der Waals surface area contributed by atoms with Gasteiger partial charge in [-0.05, 0) is 18.6 Å². The van der Waals surface area contributed by atoms with Crippen LogP contribution in [0.3, 0.4) is 0 Å². The van der Waals surface area contributed by atoms with Crippen molar-refractivity contribution in [2.75, 3.05) is 10.7 Å². The summed E-state index contributed by atoms with van der Waals surface area (Å²) < 4.78 is 45.5. The van der Waals surface area contributed by atoms with E-state index >= 15 is 0 Å². The van der Waals surface area contributed by atoms with E-state index in [1.54, 1.807) is 6.07 Å². The van der Waals surface area contributed by atoms with E-state index in [0.29, 0.717) is 11.1 Å². The van der Waals surface area contributed by atoms with Crippen molar-refractivity contribution in [3.63, 3.8) is 0 Å². The molecule has 0 N–H and O–H groups in total. The molecule has 102 valence electrons. The summed E-state index contributed by atoms with van der Waals surface area (Å²) in [6.07, 6.45) is -4.05. The van der Waals surface area contributed by atoms with E-state index in [1.807, 2.05) is 0 Å². The van der Waals surface area contributed by atoms with Crippen LogP contribution in [0.5, 0.6) is 11.5 Å². The molecule has 0 radical (unpaired) electrons. The molecule has 1 atom stereocenters. The average Bonchev–Trinajstić information content (AvgIpc) is 2.26. The first-order valence-corrected chi connectivity index (χ1v) is 7.33. The van der Waals surface area contributed by atoms with Gasteiger partial charge in [0.2, 0.25) is 0 Å². The molecule has 0 aromatic heterocycles. The second-order valence-corrected chi connectivity index (χ2v) is 4.83. The minimum absolute atomic E-state index is 0.106. The van der Waals surface area contributed by atoms with Gasteiger partial charge in [0.05, 0.1) is 0 Å². The van der Waals surface area contributed by atoms with Gasteiger partial charge < -0.3 is 9.47 Å². The van der Waals surface area contributed by atoms with Crippen LogP contribution >= 0.6 is 31.9 Å². The van der Waals surface area contributed by atoms with Gasteiger partial charge in [0.1, 0.15) is 17.6 Å². The standard InChI is InChI=1S/C11H11Br2F3O2/c12-5-4-10(7-13)17-8-2-1-3-9(6-8)18-11(14,15)16/h1-3,6,10H,4-5,7H2. The Balaban J connectivity index is 2.69. The molecule has 0 aliphatic heterocycles. The molecule has 0 aliphatic carbocycles. The summed E-state index contributed by atoms with van der Waals surface area (Å²) in [5, 5.41) is 1.35. The van der Waals surface area contributed by atoms with Crippen LogP contribution in [-0.2, 0) is 0 Å². The van der Waals surface area contributed by atoms with Gasteiger partial charge in [-0.15, -0.1) is 13.2 Å². The van der Waals surface area contributed by atoms with Crippen LogP contribution in [0, 0.1) is 0 Å². The lowest BCUT2D eigenvalue weighted by Gasteiger charge is -2.16. The van der Waals surface area contributed by atoms with Crippen LogP contribution in [-0.4, -0.2) is 23.1 Å². The number of ether oxygens (including phenoxy) is 2. The van der Waals surface area contributed by atoms with E-state index in [4.69, 9.17) is 4.74 Å². The maximum absolute atomic E-state index is 12.0. The zero-order valence-corrected chi connectivity index (χ0v) is 12.4. The maximum Gasteiger partial charge on any atom is 0.573 e. The number of hydrogen-bond acceptors (Lipinski definition) is 2. The SMILES string of the molecule is FC(F)(F)Oc1cccc(OC(CBr)CCBr)c1. The van der Waals surface area contributed by atoms with Gasteiger partial charge in [-0.2, -0.15) is 0 Å². The van der Waals surface area contributed by atoms with Crippen molar-refractivity contribution < 1.29 is 22.6 Å². The van der Waals surface area contributed by atoms with E-state index in [9.17, 15) is 13.2 Å². The lowest BCUT2D eigenvalue weighted by Crippen LogP contribution is -2.19. The third-order valence-electron chi connectivity index (χ3n) is 1.95. The number of alkyl halides is 5. The fraction of sp³-hybridized carbons (Fsp3) is 0.455. The van der Waals surface area contributed by atoms with Crippen molar-refractivity contribution in [2.45, 2.75) is 18.9 Å². The van der Waals surface area contributed by atoms with Crippen molar-refractivity contribution in [1.29, 1.82) is 0 Å². The Kier molecular flexibility index (Phi) is 6.28. The Bertz CT molecular complexity index is 372. The first-order chi connectivity index (χ1) is 8.44. The highest BCUT2D eigenvalue weighted by atomic mass is 79.9. The number of hydrogen-bond donors (Lipinski definition) is 0. The largest absolute Gasteiger partial charge is 0.573 e. The molecule has 18 heavy (non-hydrogen) atoms. The highest BCUT2D eigenvalue weighted by Gasteiger charge is 2.31. The second-order valence-electron chi connectivity index (χ2n) is 3.39. The number of benzene rings is 1. The van der Waals surface area contributed by atoms with E-state index in [0.717, 1.165) is 11.8 Å². The monoisotopic (exact) mass is 390 g/mol. The molecule has 0 bridgehead atoms. The average molecular weight is 392 g/mol. The van der Waals surface area contributed by atoms with Crippen LogP contribution in [0.25, 0.3) is 0 Å². The predicted octanol–water partition coefficient (Wildman–Crippen LogP) is 4.51. The molecule has 0 aliphatic rings. The van der Waals surface area contributed by atoms with Gasteiger partial charge in [0.15, 0.2) is 0 Å². The zero-order valence-electron chi connectivity index (χ0n) is 9.21. The molecule has 0 spiro atoms. The Hall–Kier alpha value is -0.430. The molecule has 2 nitrogen and oxygen atoms in total. The third-order valence-corrected chi connectivity index (χ3v) is 3.13. The van der Waals surface area contributed by atoms with Crippen molar-refractivity contribution in [3.05, 3.63) is 24.3 Å². The van der Waals surface area contributed by atoms with Crippen LogP contribution in [0.2, 0.25) is 0 Å². The van der Waals surface area contributed by atoms with Crippen molar-refractivity contribution in [1.82, 2.24) is 0 Å². The molecule has 1 rings (SSSR count). The molecule has 7 heteroatoms. The predicted molar refractivity (Wildman–Crippen MR) is 69.7 cm³/mol. The summed E-state index contributed by atoms with van der Waals surface area (Å²) >= 11 is 6.57. The van der Waals surface area contributed by atoms with Crippen LogP contribution < -0.4 is 9.47 Å². The summed E-state index contributed by atoms with van der Waals surface area (Å²) in [6.45, 7) is 0. The molecular weight excluding hydrogens is 381 g/mol. The molecular formula is C11H11Br2F3O2. The fourth-order valence-electron chi connectivity index (χ4n) is 1.23. The van der Waals surface area contributed by atoms with Gasteiger partial charge in [-0.3, -0.25) is 0 Å². The Labute approximate surface area is 120 Å². The fourth-order valence-corrected chi connectivity index (χ4v) is 2.19. The van der Waals surface area contributed by atoms with Gasteiger partial charge in [-0.25, -0.2) is 0 Å². The van der Waals surface area contributed by atoms with E-state index in [2.05, 4.69) is 36.6 Å². The van der Waals surface area contributed by atoms with Gasteiger partial charge in [0, 0.05) is 16.7 Å². The first kappa shape index (κ1) is 15.6. The molecule has 1 unspecified atom stereocenters. The summed E-state index contributed by atoms with van der Waals surface area (Å²) in [5.41, 5.74) is 0. The highest BCUT2D eigenvalue weighted by Crippen LogP contribution is 2.27. The van der Waals surface area contributed by atoms with Crippen molar-refractivity contribution in [3.8, 4) is 11.5 Å². The topological polar surface area (TPSA) is 18.5 Å². The van der Waals surface area contributed by atoms with Crippen LogP contribution in [0.15, 0.2) is 24.3 Å². The van der Waals surface area contributed by atoms with E-state index in [1.165, 1.54) is 18.2 Å².